The number of nitrogens with one attached hydrogen (secondary N) is 1. The highest BCUT2D eigenvalue weighted by atomic mass is 35.5. The topological polar surface area (TPSA) is 52.7 Å². The molecule has 1 N–H and O–H groups in total. The normalized spacial score (nSPS) is 17.1. The van der Waals surface area contributed by atoms with E-state index < -0.39 is 16.0 Å². The molecule has 1 aromatic rings. The number of hydrogen-bond acceptors (Lipinski definition) is 3. The molecule has 0 spiro atoms. The van der Waals surface area contributed by atoms with E-state index >= 15 is 0 Å². The molecule has 1 fully saturated rings. The second-order valence-electron chi connectivity index (χ2n) is 4.97. The molecular formula is C13H20Cl2FN3O2S. The van der Waals surface area contributed by atoms with Crippen LogP contribution in [0.25, 0.3) is 0 Å². The van der Waals surface area contributed by atoms with E-state index in [0.29, 0.717) is 19.6 Å². The molecular weight excluding hydrogens is 352 g/mol. The maximum Gasteiger partial charge on any atom is 0.282 e. The second-order valence-corrected chi connectivity index (χ2v) is 7.41. The summed E-state index contributed by atoms with van der Waals surface area (Å²) in [5.74, 6) is -0.498. The van der Waals surface area contributed by atoms with Gasteiger partial charge in [0.15, 0.2) is 0 Å². The zero-order chi connectivity index (χ0) is 15.5. The van der Waals surface area contributed by atoms with Crippen LogP contribution in [0.4, 0.5) is 4.39 Å². The Morgan fingerprint density at radius 3 is 2.77 bits per heavy atom. The lowest BCUT2D eigenvalue weighted by atomic mass is 10.2. The highest BCUT2D eigenvalue weighted by Crippen LogP contribution is 2.22. The van der Waals surface area contributed by atoms with Crippen LogP contribution in [0.5, 0.6) is 0 Å². The van der Waals surface area contributed by atoms with Gasteiger partial charge in [-0.25, -0.2) is 4.39 Å². The summed E-state index contributed by atoms with van der Waals surface area (Å²) < 4.78 is 41.4. The summed E-state index contributed by atoms with van der Waals surface area (Å²) >= 11 is 5.95. The maximum absolute atomic E-state index is 13.8. The van der Waals surface area contributed by atoms with Crippen molar-refractivity contribution in [3.63, 3.8) is 0 Å². The first kappa shape index (κ1) is 19.6. The van der Waals surface area contributed by atoms with Gasteiger partial charge in [0, 0.05) is 43.8 Å². The lowest BCUT2D eigenvalue weighted by molar-refractivity contribution is 0.365. The molecule has 0 aliphatic carbocycles. The van der Waals surface area contributed by atoms with E-state index in [-0.39, 0.29) is 29.5 Å². The predicted molar refractivity (Wildman–Crippen MR) is 88.1 cm³/mol. The van der Waals surface area contributed by atoms with Crippen molar-refractivity contribution in [3.05, 3.63) is 34.6 Å². The molecule has 1 aromatic carbocycles. The fourth-order valence-corrected chi connectivity index (χ4v) is 3.83. The van der Waals surface area contributed by atoms with Gasteiger partial charge in [-0.15, -0.1) is 12.4 Å². The minimum Gasteiger partial charge on any atom is -0.315 e. The molecule has 0 atom stereocenters. The van der Waals surface area contributed by atoms with Crippen LogP contribution in [-0.4, -0.2) is 50.3 Å². The number of rotatable bonds is 4. The minimum atomic E-state index is -3.62. The quantitative estimate of drug-likeness (QED) is 0.878. The van der Waals surface area contributed by atoms with Crippen LogP contribution in [0.2, 0.25) is 5.02 Å². The molecule has 5 nitrogen and oxygen atoms in total. The molecule has 0 bridgehead atoms. The van der Waals surface area contributed by atoms with E-state index in [1.807, 2.05) is 0 Å². The molecule has 0 saturated carbocycles. The lowest BCUT2D eigenvalue weighted by Crippen LogP contribution is -2.43. The van der Waals surface area contributed by atoms with E-state index in [2.05, 4.69) is 5.32 Å². The van der Waals surface area contributed by atoms with Crippen molar-refractivity contribution in [1.82, 2.24) is 13.9 Å². The van der Waals surface area contributed by atoms with Gasteiger partial charge in [-0.05, 0) is 25.1 Å². The number of hydrogen-bond donors (Lipinski definition) is 1. The number of halogens is 3. The molecule has 9 heteroatoms. The summed E-state index contributed by atoms with van der Waals surface area (Å²) in [4.78, 5) is 0. The Hall–Kier alpha value is -0.440. The minimum absolute atomic E-state index is 0. The zero-order valence-electron chi connectivity index (χ0n) is 12.3. The molecule has 1 aliphatic heterocycles. The molecule has 1 heterocycles. The Bertz CT molecular complexity index is 573. The van der Waals surface area contributed by atoms with E-state index in [4.69, 9.17) is 11.6 Å². The monoisotopic (exact) mass is 371 g/mol. The average molecular weight is 372 g/mol. The van der Waals surface area contributed by atoms with Crippen molar-refractivity contribution in [3.8, 4) is 0 Å². The first-order valence-corrected chi connectivity index (χ1v) is 8.55. The largest absolute Gasteiger partial charge is 0.315 e. The SMILES string of the molecule is CN(Cc1c(F)cccc1Cl)S(=O)(=O)N1CCCNCC1.Cl. The van der Waals surface area contributed by atoms with E-state index in [1.54, 1.807) is 6.07 Å². The predicted octanol–water partition coefficient (Wildman–Crippen LogP) is 1.87. The Morgan fingerprint density at radius 2 is 2.09 bits per heavy atom. The van der Waals surface area contributed by atoms with E-state index in [0.717, 1.165) is 17.3 Å². The van der Waals surface area contributed by atoms with Crippen LogP contribution in [0.15, 0.2) is 18.2 Å². The summed E-state index contributed by atoms with van der Waals surface area (Å²) in [6.45, 7) is 2.21. The summed E-state index contributed by atoms with van der Waals surface area (Å²) in [6, 6.07) is 4.32. The zero-order valence-corrected chi connectivity index (χ0v) is 14.6. The fourth-order valence-electron chi connectivity index (χ4n) is 2.24. The van der Waals surface area contributed by atoms with Gasteiger partial charge in [0.2, 0.25) is 0 Å². The lowest BCUT2D eigenvalue weighted by Gasteiger charge is -2.26. The maximum atomic E-state index is 13.8. The smallest absolute Gasteiger partial charge is 0.282 e. The van der Waals surface area contributed by atoms with Crippen molar-refractivity contribution < 1.29 is 12.8 Å². The summed E-state index contributed by atoms with van der Waals surface area (Å²) in [5, 5.41) is 3.38. The number of nitrogens with zero attached hydrogens (tertiary/aromatic N) is 2. The van der Waals surface area contributed by atoms with Gasteiger partial charge in [0.1, 0.15) is 5.82 Å². The van der Waals surface area contributed by atoms with Crippen molar-refractivity contribution >= 4 is 34.2 Å². The molecule has 2 rings (SSSR count). The number of benzene rings is 1. The Balaban J connectivity index is 0.00000242. The first-order chi connectivity index (χ1) is 9.93. The van der Waals surface area contributed by atoms with Gasteiger partial charge >= 0.3 is 0 Å². The third-order valence-electron chi connectivity index (χ3n) is 3.46. The van der Waals surface area contributed by atoms with Crippen molar-refractivity contribution in [2.24, 2.45) is 0 Å². The first-order valence-electron chi connectivity index (χ1n) is 6.78. The van der Waals surface area contributed by atoms with Crippen LogP contribution in [0, 0.1) is 5.82 Å². The highest BCUT2D eigenvalue weighted by molar-refractivity contribution is 7.86. The summed E-state index contributed by atoms with van der Waals surface area (Å²) in [5.41, 5.74) is 0.193. The Morgan fingerprint density at radius 1 is 1.36 bits per heavy atom. The van der Waals surface area contributed by atoms with E-state index in [1.165, 1.54) is 23.5 Å². The standard InChI is InChI=1S/C13H19ClFN3O2S.ClH/c1-17(10-11-12(14)4-2-5-13(11)15)21(19,20)18-8-3-6-16-7-9-18;/h2,4-5,16H,3,6-10H2,1H3;1H. The molecule has 0 aromatic heterocycles. The van der Waals surface area contributed by atoms with Gasteiger partial charge < -0.3 is 5.32 Å². The molecule has 22 heavy (non-hydrogen) atoms. The van der Waals surface area contributed by atoms with Crippen LogP contribution in [0.3, 0.4) is 0 Å². The van der Waals surface area contributed by atoms with Gasteiger partial charge in [-0.3, -0.25) is 0 Å². The van der Waals surface area contributed by atoms with Gasteiger partial charge in [0.05, 0.1) is 0 Å². The van der Waals surface area contributed by atoms with Gasteiger partial charge in [0.25, 0.3) is 10.2 Å². The second kappa shape index (κ2) is 8.42. The van der Waals surface area contributed by atoms with Crippen LogP contribution in [-0.2, 0) is 16.8 Å². The van der Waals surface area contributed by atoms with Crippen LogP contribution in [0.1, 0.15) is 12.0 Å². The Kier molecular flexibility index (Phi) is 7.51. The molecule has 0 unspecified atom stereocenters. The molecule has 126 valence electrons. The summed E-state index contributed by atoms with van der Waals surface area (Å²) in [7, 11) is -2.17. The summed E-state index contributed by atoms with van der Waals surface area (Å²) in [6.07, 6.45) is 0.757. The van der Waals surface area contributed by atoms with Crippen LogP contribution >= 0.6 is 24.0 Å². The molecule has 0 amide bonds. The van der Waals surface area contributed by atoms with Gasteiger partial charge in [-0.2, -0.15) is 17.0 Å². The van der Waals surface area contributed by atoms with Gasteiger partial charge in [-0.1, -0.05) is 17.7 Å². The average Bonchev–Trinajstić information content (AvgIpc) is 2.72. The third-order valence-corrected chi connectivity index (χ3v) is 5.75. The van der Waals surface area contributed by atoms with Crippen molar-refractivity contribution in [1.29, 1.82) is 0 Å². The molecule has 0 radical (unpaired) electrons. The third kappa shape index (κ3) is 4.53. The van der Waals surface area contributed by atoms with Crippen LogP contribution < -0.4 is 5.32 Å². The fraction of sp³-hybridized carbons (Fsp3) is 0.538. The van der Waals surface area contributed by atoms with Crippen molar-refractivity contribution in [2.75, 3.05) is 33.2 Å². The Labute approximate surface area is 142 Å². The van der Waals surface area contributed by atoms with E-state index in [9.17, 15) is 12.8 Å². The highest BCUT2D eigenvalue weighted by Gasteiger charge is 2.28. The van der Waals surface area contributed by atoms with Crippen molar-refractivity contribution in [2.45, 2.75) is 13.0 Å². The molecule has 1 aliphatic rings. The molecule has 1 saturated heterocycles.